The molecule has 0 amide bonds. The molecule has 0 spiro atoms. The molecule has 0 radical (unpaired) electrons. The highest BCUT2D eigenvalue weighted by Gasteiger charge is 2.44. The molecular formula is C14H24O4. The van der Waals surface area contributed by atoms with Gasteiger partial charge in [0.15, 0.2) is 0 Å². The SMILES string of the molecule is CCCCCCC=CC1CC(O)C(O)C1C(=O)O. The summed E-state index contributed by atoms with van der Waals surface area (Å²) < 4.78 is 0. The van der Waals surface area contributed by atoms with Crippen molar-refractivity contribution in [3.63, 3.8) is 0 Å². The maximum atomic E-state index is 11.0. The van der Waals surface area contributed by atoms with E-state index in [0.717, 1.165) is 12.8 Å². The van der Waals surface area contributed by atoms with Crippen molar-refractivity contribution < 1.29 is 20.1 Å². The number of carbonyl (C=O) groups is 1. The van der Waals surface area contributed by atoms with Crippen LogP contribution in [0.25, 0.3) is 0 Å². The van der Waals surface area contributed by atoms with Gasteiger partial charge in [0, 0.05) is 0 Å². The monoisotopic (exact) mass is 256 g/mol. The molecule has 0 bridgehead atoms. The number of aliphatic hydroxyl groups excluding tert-OH is 2. The number of carboxylic acid groups (broad SMARTS) is 1. The Morgan fingerprint density at radius 3 is 2.61 bits per heavy atom. The molecule has 0 aromatic carbocycles. The number of allylic oxidation sites excluding steroid dienone is 2. The molecule has 4 heteroatoms. The van der Waals surface area contributed by atoms with E-state index in [9.17, 15) is 15.0 Å². The van der Waals surface area contributed by atoms with Crippen LogP contribution in [0, 0.1) is 11.8 Å². The molecular weight excluding hydrogens is 232 g/mol. The predicted molar refractivity (Wildman–Crippen MR) is 69.1 cm³/mol. The van der Waals surface area contributed by atoms with Crippen molar-refractivity contribution in [3.8, 4) is 0 Å². The van der Waals surface area contributed by atoms with Crippen LogP contribution in [0.4, 0.5) is 0 Å². The molecule has 104 valence electrons. The Morgan fingerprint density at radius 2 is 2.00 bits per heavy atom. The molecule has 0 saturated heterocycles. The Balaban J connectivity index is 2.40. The Labute approximate surface area is 108 Å². The summed E-state index contributed by atoms with van der Waals surface area (Å²) in [4.78, 5) is 11.0. The second-order valence-electron chi connectivity index (χ2n) is 5.10. The third-order valence-electron chi connectivity index (χ3n) is 3.63. The van der Waals surface area contributed by atoms with E-state index < -0.39 is 24.1 Å². The van der Waals surface area contributed by atoms with E-state index >= 15 is 0 Å². The third kappa shape index (κ3) is 4.10. The summed E-state index contributed by atoms with van der Waals surface area (Å²) in [7, 11) is 0. The van der Waals surface area contributed by atoms with Crippen LogP contribution in [-0.4, -0.2) is 33.5 Å². The Hall–Kier alpha value is -0.870. The van der Waals surface area contributed by atoms with E-state index in [2.05, 4.69) is 6.92 Å². The van der Waals surface area contributed by atoms with Crippen LogP contribution in [0.1, 0.15) is 45.4 Å². The van der Waals surface area contributed by atoms with Gasteiger partial charge in [-0.05, 0) is 25.2 Å². The van der Waals surface area contributed by atoms with Gasteiger partial charge in [-0.25, -0.2) is 0 Å². The number of aliphatic hydroxyl groups is 2. The number of hydrogen-bond donors (Lipinski definition) is 3. The molecule has 1 aliphatic rings. The zero-order valence-electron chi connectivity index (χ0n) is 11.0. The van der Waals surface area contributed by atoms with Gasteiger partial charge in [0.25, 0.3) is 0 Å². The lowest BCUT2D eigenvalue weighted by Crippen LogP contribution is -2.31. The standard InChI is InChI=1S/C14H24O4/c1-2-3-4-5-6-7-8-10-9-11(15)13(16)12(10)14(17)18/h7-8,10-13,15-16H,2-6,9H2,1H3,(H,17,18). The Morgan fingerprint density at radius 1 is 1.28 bits per heavy atom. The minimum atomic E-state index is -1.14. The molecule has 0 aliphatic heterocycles. The highest BCUT2D eigenvalue weighted by atomic mass is 16.4. The van der Waals surface area contributed by atoms with Crippen LogP contribution < -0.4 is 0 Å². The molecule has 4 unspecified atom stereocenters. The van der Waals surface area contributed by atoms with Crippen molar-refractivity contribution in [3.05, 3.63) is 12.2 Å². The molecule has 1 saturated carbocycles. The summed E-state index contributed by atoms with van der Waals surface area (Å²) >= 11 is 0. The zero-order chi connectivity index (χ0) is 13.5. The van der Waals surface area contributed by atoms with Crippen LogP contribution in [0.5, 0.6) is 0 Å². The van der Waals surface area contributed by atoms with E-state index in [0.29, 0.717) is 6.42 Å². The van der Waals surface area contributed by atoms with Gasteiger partial charge in [0.05, 0.1) is 18.1 Å². The lowest BCUT2D eigenvalue weighted by atomic mass is 9.94. The summed E-state index contributed by atoms with van der Waals surface area (Å²) in [5, 5.41) is 28.2. The molecule has 0 heterocycles. The summed E-state index contributed by atoms with van der Waals surface area (Å²) in [6.07, 6.45) is 7.79. The van der Waals surface area contributed by atoms with Crippen LogP contribution in [0.15, 0.2) is 12.2 Å². The van der Waals surface area contributed by atoms with Gasteiger partial charge in [-0.15, -0.1) is 0 Å². The normalized spacial score (nSPS) is 32.2. The molecule has 4 nitrogen and oxygen atoms in total. The van der Waals surface area contributed by atoms with E-state index in [1.165, 1.54) is 19.3 Å². The molecule has 3 N–H and O–H groups in total. The molecule has 0 aromatic heterocycles. The van der Waals surface area contributed by atoms with Crippen molar-refractivity contribution >= 4 is 5.97 Å². The molecule has 0 aromatic rings. The maximum absolute atomic E-state index is 11.0. The van der Waals surface area contributed by atoms with Gasteiger partial charge in [-0.1, -0.05) is 38.3 Å². The lowest BCUT2D eigenvalue weighted by molar-refractivity contribution is -0.146. The van der Waals surface area contributed by atoms with Crippen molar-refractivity contribution in [1.29, 1.82) is 0 Å². The van der Waals surface area contributed by atoms with Crippen molar-refractivity contribution in [2.75, 3.05) is 0 Å². The number of hydrogen-bond acceptors (Lipinski definition) is 3. The van der Waals surface area contributed by atoms with E-state index in [1.54, 1.807) is 0 Å². The number of aliphatic carboxylic acids is 1. The van der Waals surface area contributed by atoms with Crippen LogP contribution >= 0.6 is 0 Å². The minimum Gasteiger partial charge on any atom is -0.481 e. The lowest BCUT2D eigenvalue weighted by Gasteiger charge is -2.14. The van der Waals surface area contributed by atoms with Gasteiger partial charge >= 0.3 is 5.97 Å². The largest absolute Gasteiger partial charge is 0.481 e. The fraction of sp³-hybridized carbons (Fsp3) is 0.786. The first kappa shape index (κ1) is 15.2. The first-order valence-corrected chi connectivity index (χ1v) is 6.83. The van der Waals surface area contributed by atoms with Gasteiger partial charge < -0.3 is 15.3 Å². The second-order valence-corrected chi connectivity index (χ2v) is 5.10. The van der Waals surface area contributed by atoms with Gasteiger partial charge in [-0.2, -0.15) is 0 Å². The second kappa shape index (κ2) is 7.54. The quantitative estimate of drug-likeness (QED) is 0.480. The summed E-state index contributed by atoms with van der Waals surface area (Å²) in [5.41, 5.74) is 0. The first-order valence-electron chi connectivity index (χ1n) is 6.83. The molecule has 1 aliphatic carbocycles. The van der Waals surface area contributed by atoms with E-state index in [-0.39, 0.29) is 5.92 Å². The zero-order valence-corrected chi connectivity index (χ0v) is 11.0. The topological polar surface area (TPSA) is 77.8 Å². The van der Waals surface area contributed by atoms with Gasteiger partial charge in [-0.3, -0.25) is 4.79 Å². The summed E-state index contributed by atoms with van der Waals surface area (Å²) in [6, 6.07) is 0. The minimum absolute atomic E-state index is 0.251. The van der Waals surface area contributed by atoms with Gasteiger partial charge in [0.1, 0.15) is 0 Å². The fourth-order valence-electron chi connectivity index (χ4n) is 2.54. The Bertz CT molecular complexity index is 288. The summed E-state index contributed by atoms with van der Waals surface area (Å²) in [5.74, 6) is -2.15. The fourth-order valence-corrected chi connectivity index (χ4v) is 2.54. The number of carboxylic acids is 1. The number of rotatable bonds is 7. The first-order chi connectivity index (χ1) is 8.57. The molecule has 1 fully saturated rings. The van der Waals surface area contributed by atoms with E-state index in [4.69, 9.17) is 5.11 Å². The predicted octanol–water partition coefficient (Wildman–Crippen LogP) is 1.96. The van der Waals surface area contributed by atoms with Crippen LogP contribution in [0.3, 0.4) is 0 Å². The molecule has 18 heavy (non-hydrogen) atoms. The van der Waals surface area contributed by atoms with Crippen molar-refractivity contribution in [1.82, 2.24) is 0 Å². The molecule has 1 rings (SSSR count). The smallest absolute Gasteiger partial charge is 0.309 e. The van der Waals surface area contributed by atoms with Crippen LogP contribution in [0.2, 0.25) is 0 Å². The highest BCUT2D eigenvalue weighted by molar-refractivity contribution is 5.72. The average molecular weight is 256 g/mol. The van der Waals surface area contributed by atoms with E-state index in [1.807, 2.05) is 12.2 Å². The average Bonchev–Trinajstić information content (AvgIpc) is 2.59. The van der Waals surface area contributed by atoms with Crippen LogP contribution in [-0.2, 0) is 4.79 Å². The third-order valence-corrected chi connectivity index (χ3v) is 3.63. The maximum Gasteiger partial charge on any atom is 0.309 e. The van der Waals surface area contributed by atoms with Crippen molar-refractivity contribution in [2.45, 2.75) is 57.7 Å². The molecule has 4 atom stereocenters. The van der Waals surface area contributed by atoms with Gasteiger partial charge in [0.2, 0.25) is 0 Å². The Kier molecular flexibility index (Phi) is 6.36. The highest BCUT2D eigenvalue weighted by Crippen LogP contribution is 2.33. The van der Waals surface area contributed by atoms with Crippen molar-refractivity contribution in [2.24, 2.45) is 11.8 Å². The summed E-state index contributed by atoms with van der Waals surface area (Å²) in [6.45, 7) is 2.16. The number of unbranched alkanes of at least 4 members (excludes halogenated alkanes) is 4.